The van der Waals surface area contributed by atoms with Gasteiger partial charge in [0.15, 0.2) is 5.69 Å². The highest BCUT2D eigenvalue weighted by Gasteiger charge is 2.14. The number of amides is 1. The molecule has 0 aliphatic carbocycles. The van der Waals surface area contributed by atoms with Gasteiger partial charge in [-0.25, -0.2) is 19.2 Å². The van der Waals surface area contributed by atoms with Gasteiger partial charge in [0.05, 0.1) is 0 Å². The van der Waals surface area contributed by atoms with Crippen LogP contribution in [0, 0.1) is 5.82 Å². The van der Waals surface area contributed by atoms with Crippen molar-refractivity contribution >= 4 is 17.6 Å². The highest BCUT2D eigenvalue weighted by molar-refractivity contribution is 5.89. The van der Waals surface area contributed by atoms with E-state index >= 15 is 0 Å². The van der Waals surface area contributed by atoms with Crippen LogP contribution in [0.4, 0.5) is 10.1 Å². The number of rotatable bonds is 7. The van der Waals surface area contributed by atoms with Crippen molar-refractivity contribution in [2.45, 2.75) is 13.0 Å². The molecule has 1 atom stereocenters. The highest BCUT2D eigenvalue weighted by Crippen LogP contribution is 2.30. The number of halogens is 1. The van der Waals surface area contributed by atoms with Crippen LogP contribution in [0.3, 0.4) is 0 Å². The third-order valence-corrected chi connectivity index (χ3v) is 3.74. The molecule has 8 nitrogen and oxygen atoms in total. The molecule has 0 aliphatic rings. The zero-order valence-electron chi connectivity index (χ0n) is 15.3. The largest absolute Gasteiger partial charge is 0.457 e. The maximum absolute atomic E-state index is 13.1. The molecule has 1 amide bonds. The first-order valence-corrected chi connectivity index (χ1v) is 8.53. The molecule has 1 heterocycles. The molecule has 3 aromatic rings. The second-order valence-electron chi connectivity index (χ2n) is 6.00. The lowest BCUT2D eigenvalue weighted by molar-refractivity contribution is -0.118. The predicted octanol–water partition coefficient (Wildman–Crippen LogP) is 2.91. The number of benzene rings is 2. The lowest BCUT2D eigenvalue weighted by atomic mass is 10.2. The zero-order valence-corrected chi connectivity index (χ0v) is 15.3. The Balaban J connectivity index is 1.88. The van der Waals surface area contributed by atoms with Gasteiger partial charge in [0, 0.05) is 30.1 Å². The molecule has 3 N–H and O–H groups in total. The second-order valence-corrected chi connectivity index (χ2v) is 6.00. The van der Waals surface area contributed by atoms with E-state index in [4.69, 9.17) is 15.2 Å². The molecule has 0 aliphatic heterocycles. The zero-order chi connectivity index (χ0) is 20.8. The molecule has 0 fully saturated rings. The summed E-state index contributed by atoms with van der Waals surface area (Å²) in [6.07, 6.45) is 2.64. The maximum atomic E-state index is 13.1. The van der Waals surface area contributed by atoms with Crippen LogP contribution in [0.2, 0.25) is 0 Å². The lowest BCUT2D eigenvalue weighted by Crippen LogP contribution is -2.32. The monoisotopic (exact) mass is 396 g/mol. The van der Waals surface area contributed by atoms with Crippen molar-refractivity contribution in [1.29, 1.82) is 0 Å². The summed E-state index contributed by atoms with van der Waals surface area (Å²) in [5.41, 5.74) is 5.79. The molecule has 1 aromatic heterocycles. The summed E-state index contributed by atoms with van der Waals surface area (Å²) in [5.74, 6) is -0.840. The first-order chi connectivity index (χ1) is 13.9. The van der Waals surface area contributed by atoms with Crippen LogP contribution in [0.25, 0.3) is 0 Å². The number of ether oxygens (including phenoxy) is 2. The number of carbonyl (C=O) groups excluding carboxylic acids is 2. The average molecular weight is 396 g/mol. The van der Waals surface area contributed by atoms with Gasteiger partial charge in [0.2, 0.25) is 5.91 Å². The molecule has 0 bridgehead atoms. The summed E-state index contributed by atoms with van der Waals surface area (Å²) in [4.78, 5) is 31.2. The lowest BCUT2D eigenvalue weighted by Gasteiger charge is -2.15. The first kappa shape index (κ1) is 19.7. The van der Waals surface area contributed by atoms with Gasteiger partial charge in [-0.15, -0.1) is 0 Å². The fraction of sp³-hybridized carbons (Fsp3) is 0.100. The second kappa shape index (κ2) is 8.79. The van der Waals surface area contributed by atoms with E-state index in [0.29, 0.717) is 17.2 Å². The van der Waals surface area contributed by atoms with Gasteiger partial charge in [0.25, 0.3) is 0 Å². The van der Waals surface area contributed by atoms with Gasteiger partial charge in [-0.2, -0.15) is 0 Å². The molecular weight excluding hydrogens is 379 g/mol. The van der Waals surface area contributed by atoms with Crippen LogP contribution in [0.5, 0.6) is 17.2 Å². The number of nitrogens with two attached hydrogens (primary N) is 1. The molecule has 0 spiro atoms. The van der Waals surface area contributed by atoms with E-state index in [-0.39, 0.29) is 11.4 Å². The molecular formula is C20H17FN4O4. The van der Waals surface area contributed by atoms with E-state index in [1.54, 1.807) is 13.0 Å². The Morgan fingerprint density at radius 2 is 1.79 bits per heavy atom. The predicted molar refractivity (Wildman–Crippen MR) is 102 cm³/mol. The van der Waals surface area contributed by atoms with E-state index in [1.165, 1.54) is 55.0 Å². The number of esters is 1. The Bertz CT molecular complexity index is 1010. The molecule has 3 rings (SSSR count). The summed E-state index contributed by atoms with van der Waals surface area (Å²) < 4.78 is 24.2. The van der Waals surface area contributed by atoms with E-state index < -0.39 is 23.7 Å². The molecule has 1 unspecified atom stereocenters. The van der Waals surface area contributed by atoms with Crippen molar-refractivity contribution in [3.8, 4) is 17.2 Å². The number of nitrogens with one attached hydrogen (secondary N) is 1. The molecule has 9 heteroatoms. The number of carbonyl (C=O) groups is 2. The minimum atomic E-state index is -0.694. The normalized spacial score (nSPS) is 11.4. The Kier molecular flexibility index (Phi) is 5.98. The molecule has 2 aromatic carbocycles. The van der Waals surface area contributed by atoms with Crippen LogP contribution in [-0.4, -0.2) is 27.9 Å². The minimum Gasteiger partial charge on any atom is -0.457 e. The number of hydrogen-bond acceptors (Lipinski definition) is 7. The van der Waals surface area contributed by atoms with E-state index in [1.807, 2.05) is 0 Å². The number of aromatic nitrogens is 2. The Morgan fingerprint density at radius 1 is 1.07 bits per heavy atom. The SMILES string of the molecule is CC(Nc1cc(OC(=O)c2ccncn2)cc(Oc2ccc(F)cc2)c1)C(N)=O. The summed E-state index contributed by atoms with van der Waals surface area (Å²) >= 11 is 0. The van der Waals surface area contributed by atoms with Crippen molar-refractivity contribution in [2.75, 3.05) is 5.32 Å². The summed E-state index contributed by atoms with van der Waals surface area (Å²) in [7, 11) is 0. The fourth-order valence-electron chi connectivity index (χ4n) is 2.30. The Labute approximate surface area is 165 Å². The Morgan fingerprint density at radius 3 is 2.45 bits per heavy atom. The van der Waals surface area contributed by atoms with Crippen molar-refractivity contribution in [2.24, 2.45) is 5.73 Å². The van der Waals surface area contributed by atoms with Crippen molar-refractivity contribution in [3.05, 3.63) is 72.6 Å². The topological polar surface area (TPSA) is 116 Å². The molecule has 0 saturated heterocycles. The molecule has 0 radical (unpaired) electrons. The standard InChI is InChI=1S/C20H17FN4O4/c1-12(19(22)26)25-14-8-16(28-15-4-2-13(21)3-5-15)10-17(9-14)29-20(27)18-6-7-23-11-24-18/h2-12,25H,1H3,(H2,22,26). The smallest absolute Gasteiger partial charge is 0.362 e. The van der Waals surface area contributed by atoms with Crippen LogP contribution in [-0.2, 0) is 4.79 Å². The third kappa shape index (κ3) is 5.48. The third-order valence-electron chi connectivity index (χ3n) is 3.74. The van der Waals surface area contributed by atoms with Gasteiger partial charge >= 0.3 is 5.97 Å². The Hall–Kier alpha value is -4.01. The summed E-state index contributed by atoms with van der Waals surface area (Å²) in [5, 5.41) is 2.90. The van der Waals surface area contributed by atoms with Gasteiger partial charge in [0.1, 0.15) is 35.4 Å². The van der Waals surface area contributed by atoms with Crippen LogP contribution in [0.15, 0.2) is 61.1 Å². The molecule has 148 valence electrons. The number of anilines is 1. The fourth-order valence-corrected chi connectivity index (χ4v) is 2.30. The van der Waals surface area contributed by atoms with E-state index in [2.05, 4.69) is 15.3 Å². The molecule has 29 heavy (non-hydrogen) atoms. The van der Waals surface area contributed by atoms with Crippen LogP contribution in [0.1, 0.15) is 17.4 Å². The van der Waals surface area contributed by atoms with Crippen molar-refractivity contribution in [3.63, 3.8) is 0 Å². The van der Waals surface area contributed by atoms with E-state index in [0.717, 1.165) is 0 Å². The summed E-state index contributed by atoms with van der Waals surface area (Å²) in [6.45, 7) is 1.59. The van der Waals surface area contributed by atoms with Gasteiger partial charge < -0.3 is 20.5 Å². The summed E-state index contributed by atoms with van der Waals surface area (Å²) in [6, 6.07) is 10.7. The minimum absolute atomic E-state index is 0.0740. The van der Waals surface area contributed by atoms with Crippen LogP contribution < -0.4 is 20.5 Å². The quantitative estimate of drug-likeness (QED) is 0.466. The van der Waals surface area contributed by atoms with Crippen molar-refractivity contribution < 1.29 is 23.5 Å². The van der Waals surface area contributed by atoms with E-state index in [9.17, 15) is 14.0 Å². The highest BCUT2D eigenvalue weighted by atomic mass is 19.1. The first-order valence-electron chi connectivity index (χ1n) is 8.53. The van der Waals surface area contributed by atoms with Gasteiger partial charge in [-0.1, -0.05) is 0 Å². The van der Waals surface area contributed by atoms with Gasteiger partial charge in [-0.3, -0.25) is 4.79 Å². The molecule has 0 saturated carbocycles. The van der Waals surface area contributed by atoms with Crippen molar-refractivity contribution in [1.82, 2.24) is 9.97 Å². The van der Waals surface area contributed by atoms with Gasteiger partial charge in [-0.05, 0) is 37.3 Å². The van der Waals surface area contributed by atoms with Crippen LogP contribution >= 0.6 is 0 Å². The average Bonchev–Trinajstić information content (AvgIpc) is 2.70. The maximum Gasteiger partial charge on any atom is 0.362 e. The number of nitrogens with zero attached hydrogens (tertiary/aromatic N) is 2. The number of primary amides is 1. The number of hydrogen-bond donors (Lipinski definition) is 2.